The zero-order chi connectivity index (χ0) is 18.0. The maximum Gasteiger partial charge on any atom is 0.272 e. The smallest absolute Gasteiger partial charge is 0.272 e. The minimum absolute atomic E-state index is 0.0707. The first-order valence-electron chi connectivity index (χ1n) is 9.22. The van der Waals surface area contributed by atoms with Crippen LogP contribution in [0.4, 0.5) is 0 Å². The van der Waals surface area contributed by atoms with Gasteiger partial charge in [0.25, 0.3) is 5.91 Å². The van der Waals surface area contributed by atoms with E-state index in [1.54, 1.807) is 0 Å². The number of nitrogens with one attached hydrogen (secondary N) is 1. The van der Waals surface area contributed by atoms with Crippen LogP contribution in [0, 0.1) is 12.8 Å². The molecule has 0 spiro atoms. The first kappa shape index (κ1) is 17.6. The van der Waals surface area contributed by atoms with Gasteiger partial charge < -0.3 is 4.90 Å². The van der Waals surface area contributed by atoms with Crippen LogP contribution >= 0.6 is 0 Å². The van der Waals surface area contributed by atoms with Crippen LogP contribution in [0.15, 0.2) is 6.07 Å². The van der Waals surface area contributed by atoms with Gasteiger partial charge >= 0.3 is 0 Å². The Morgan fingerprint density at radius 3 is 2.88 bits per heavy atom. The average molecular weight is 344 g/mol. The van der Waals surface area contributed by atoms with E-state index in [1.165, 1.54) is 0 Å². The summed E-state index contributed by atoms with van der Waals surface area (Å²) in [5.41, 5.74) is 1.70. The second-order valence-corrected chi connectivity index (χ2v) is 7.30. The third kappa shape index (κ3) is 3.91. The Hall–Kier alpha value is -2.18. The molecule has 1 saturated heterocycles. The Kier molecular flexibility index (Phi) is 5.20. The Balaban J connectivity index is 1.76. The van der Waals surface area contributed by atoms with Gasteiger partial charge in [-0.2, -0.15) is 10.2 Å². The summed E-state index contributed by atoms with van der Waals surface area (Å²) >= 11 is 0. The van der Waals surface area contributed by atoms with Crippen molar-refractivity contribution >= 4 is 5.91 Å². The number of hydrogen-bond donors (Lipinski definition) is 1. The quantitative estimate of drug-likeness (QED) is 0.904. The summed E-state index contributed by atoms with van der Waals surface area (Å²) in [5.74, 6) is 2.44. The van der Waals surface area contributed by atoms with E-state index in [9.17, 15) is 4.79 Å². The number of carbonyl (C=O) groups excluding carboxylic acids is 1. The molecule has 0 bridgehead atoms. The fourth-order valence-corrected chi connectivity index (χ4v) is 3.48. The summed E-state index contributed by atoms with van der Waals surface area (Å²) in [4.78, 5) is 19.5. The fraction of sp³-hybridized carbons (Fsp3) is 0.667. The van der Waals surface area contributed by atoms with E-state index in [-0.39, 0.29) is 11.8 Å². The number of aromatic nitrogens is 5. The third-order valence-electron chi connectivity index (χ3n) is 4.65. The SMILES string of the molecule is CCn1nc(CC(C)C)cc1C(=O)N1CCCC(c2n[nH]c(C)n2)C1. The van der Waals surface area contributed by atoms with Gasteiger partial charge in [0.05, 0.1) is 5.69 Å². The number of hydrogen-bond acceptors (Lipinski definition) is 4. The topological polar surface area (TPSA) is 79.7 Å². The number of H-pyrrole nitrogens is 1. The van der Waals surface area contributed by atoms with Crippen LogP contribution in [0.5, 0.6) is 0 Å². The van der Waals surface area contributed by atoms with Crippen molar-refractivity contribution in [2.45, 2.75) is 59.4 Å². The zero-order valence-electron chi connectivity index (χ0n) is 15.6. The van der Waals surface area contributed by atoms with Gasteiger partial charge in [0.2, 0.25) is 0 Å². The highest BCUT2D eigenvalue weighted by Gasteiger charge is 2.29. The molecular weight excluding hydrogens is 316 g/mol. The number of rotatable bonds is 5. The standard InChI is InChI=1S/C18H28N6O/c1-5-24-16(10-15(22-24)9-12(2)3)18(25)23-8-6-7-14(11-23)17-19-13(4)20-21-17/h10,12,14H,5-9,11H2,1-4H3,(H,19,20,21). The fourth-order valence-electron chi connectivity index (χ4n) is 3.48. The Labute approximate surface area is 148 Å². The molecule has 136 valence electrons. The first-order valence-corrected chi connectivity index (χ1v) is 9.22. The summed E-state index contributed by atoms with van der Waals surface area (Å²) in [7, 11) is 0. The Morgan fingerprint density at radius 1 is 1.44 bits per heavy atom. The predicted octanol–water partition coefficient (Wildman–Crippen LogP) is 2.55. The van der Waals surface area contributed by atoms with Crippen molar-refractivity contribution in [2.75, 3.05) is 13.1 Å². The van der Waals surface area contributed by atoms with Gasteiger partial charge in [-0.05, 0) is 45.1 Å². The largest absolute Gasteiger partial charge is 0.337 e. The lowest BCUT2D eigenvalue weighted by atomic mass is 9.97. The molecule has 1 fully saturated rings. The molecule has 2 aromatic rings. The minimum atomic E-state index is 0.0707. The van der Waals surface area contributed by atoms with Crippen molar-refractivity contribution in [3.05, 3.63) is 29.1 Å². The van der Waals surface area contributed by atoms with E-state index < -0.39 is 0 Å². The lowest BCUT2D eigenvalue weighted by molar-refractivity contribution is 0.0692. The number of aromatic amines is 1. The molecule has 1 unspecified atom stereocenters. The highest BCUT2D eigenvalue weighted by Crippen LogP contribution is 2.25. The van der Waals surface area contributed by atoms with Crippen molar-refractivity contribution in [3.8, 4) is 0 Å². The van der Waals surface area contributed by atoms with E-state index in [0.29, 0.717) is 24.7 Å². The molecule has 3 heterocycles. The van der Waals surface area contributed by atoms with Gasteiger partial charge in [0.1, 0.15) is 11.5 Å². The van der Waals surface area contributed by atoms with E-state index in [1.807, 2.05) is 29.5 Å². The first-order chi connectivity index (χ1) is 12.0. The number of aryl methyl sites for hydroxylation is 2. The van der Waals surface area contributed by atoms with Crippen molar-refractivity contribution < 1.29 is 4.79 Å². The van der Waals surface area contributed by atoms with Gasteiger partial charge in [0.15, 0.2) is 5.82 Å². The predicted molar refractivity (Wildman–Crippen MR) is 95.4 cm³/mol. The lowest BCUT2D eigenvalue weighted by Crippen LogP contribution is -2.40. The van der Waals surface area contributed by atoms with E-state index in [2.05, 4.69) is 34.1 Å². The normalized spacial score (nSPS) is 18.1. The molecular formula is C18H28N6O. The van der Waals surface area contributed by atoms with Crippen LogP contribution < -0.4 is 0 Å². The van der Waals surface area contributed by atoms with Crippen molar-refractivity contribution in [3.63, 3.8) is 0 Å². The van der Waals surface area contributed by atoms with Gasteiger partial charge in [-0.3, -0.25) is 14.6 Å². The van der Waals surface area contributed by atoms with Gasteiger partial charge in [-0.1, -0.05) is 13.8 Å². The minimum Gasteiger partial charge on any atom is -0.337 e. The summed E-state index contributed by atoms with van der Waals surface area (Å²) in [6.07, 6.45) is 2.89. The maximum absolute atomic E-state index is 13.1. The molecule has 1 N–H and O–H groups in total. The molecule has 0 saturated carbocycles. The Bertz CT molecular complexity index is 732. The number of amides is 1. The summed E-state index contributed by atoms with van der Waals surface area (Å²) in [6, 6.07) is 1.96. The van der Waals surface area contributed by atoms with Gasteiger partial charge in [-0.25, -0.2) is 4.98 Å². The molecule has 1 amide bonds. The molecule has 2 aromatic heterocycles. The third-order valence-corrected chi connectivity index (χ3v) is 4.65. The van der Waals surface area contributed by atoms with Crippen LogP contribution in [-0.4, -0.2) is 48.9 Å². The molecule has 7 heteroatoms. The highest BCUT2D eigenvalue weighted by atomic mass is 16.2. The second kappa shape index (κ2) is 7.37. The molecule has 3 rings (SSSR count). The summed E-state index contributed by atoms with van der Waals surface area (Å²) in [6.45, 7) is 10.4. The molecule has 0 radical (unpaired) electrons. The summed E-state index contributed by atoms with van der Waals surface area (Å²) in [5, 5.41) is 11.8. The molecule has 1 aliphatic heterocycles. The molecule has 0 aromatic carbocycles. The molecule has 0 aliphatic carbocycles. The van der Waals surface area contributed by atoms with Crippen LogP contribution in [-0.2, 0) is 13.0 Å². The second-order valence-electron chi connectivity index (χ2n) is 7.30. The number of likely N-dealkylation sites (tertiary alicyclic amines) is 1. The van der Waals surface area contributed by atoms with Crippen molar-refractivity contribution in [2.24, 2.45) is 5.92 Å². The van der Waals surface area contributed by atoms with Crippen molar-refractivity contribution in [1.29, 1.82) is 0 Å². The van der Waals surface area contributed by atoms with Gasteiger partial charge in [-0.15, -0.1) is 0 Å². The maximum atomic E-state index is 13.1. The molecule has 25 heavy (non-hydrogen) atoms. The molecule has 1 atom stereocenters. The highest BCUT2D eigenvalue weighted by molar-refractivity contribution is 5.92. The van der Waals surface area contributed by atoms with E-state index >= 15 is 0 Å². The number of piperidine rings is 1. The van der Waals surface area contributed by atoms with Gasteiger partial charge in [0, 0.05) is 25.6 Å². The average Bonchev–Trinajstić information content (AvgIpc) is 3.20. The van der Waals surface area contributed by atoms with E-state index in [0.717, 1.165) is 43.1 Å². The summed E-state index contributed by atoms with van der Waals surface area (Å²) < 4.78 is 1.83. The monoisotopic (exact) mass is 344 g/mol. The van der Waals surface area contributed by atoms with Crippen LogP contribution in [0.2, 0.25) is 0 Å². The van der Waals surface area contributed by atoms with E-state index in [4.69, 9.17) is 0 Å². The van der Waals surface area contributed by atoms with Crippen molar-refractivity contribution in [1.82, 2.24) is 29.9 Å². The van der Waals surface area contributed by atoms with Crippen LogP contribution in [0.25, 0.3) is 0 Å². The lowest BCUT2D eigenvalue weighted by Gasteiger charge is -2.31. The van der Waals surface area contributed by atoms with Crippen LogP contribution in [0.1, 0.15) is 67.4 Å². The Morgan fingerprint density at radius 2 is 2.24 bits per heavy atom. The zero-order valence-corrected chi connectivity index (χ0v) is 15.6. The molecule has 7 nitrogen and oxygen atoms in total. The molecule has 1 aliphatic rings. The number of nitrogens with zero attached hydrogens (tertiary/aromatic N) is 5. The number of carbonyl (C=O) groups is 1. The van der Waals surface area contributed by atoms with Crippen LogP contribution in [0.3, 0.4) is 0 Å².